The molecule has 0 N–H and O–H groups in total. The van der Waals surface area contributed by atoms with Crippen LogP contribution in [0.5, 0.6) is 17.2 Å². The molecule has 122 valence electrons. The van der Waals surface area contributed by atoms with Crippen molar-refractivity contribution < 1.29 is 23.0 Å². The van der Waals surface area contributed by atoms with Gasteiger partial charge < -0.3 is 14.2 Å². The predicted octanol–water partition coefficient (Wildman–Crippen LogP) is 4.10. The van der Waals surface area contributed by atoms with Crippen LogP contribution in [0.1, 0.15) is 5.56 Å². The molecule has 0 saturated heterocycles. The molecule has 2 aromatic rings. The predicted molar refractivity (Wildman–Crippen MR) is 84.7 cm³/mol. The fourth-order valence-corrected chi connectivity index (χ4v) is 2.03. The van der Waals surface area contributed by atoms with E-state index in [4.69, 9.17) is 14.2 Å². The lowest BCUT2D eigenvalue weighted by molar-refractivity contribution is 0.226. The zero-order chi connectivity index (χ0) is 16.8. The second-order valence-corrected chi connectivity index (χ2v) is 4.56. The van der Waals surface area contributed by atoms with Gasteiger partial charge in [-0.1, -0.05) is 0 Å². The van der Waals surface area contributed by atoms with E-state index in [1.807, 2.05) is 0 Å². The van der Waals surface area contributed by atoms with Crippen LogP contribution in [0.3, 0.4) is 0 Å². The molecule has 0 saturated carbocycles. The van der Waals surface area contributed by atoms with Crippen LogP contribution in [0.4, 0.5) is 14.5 Å². The third-order valence-corrected chi connectivity index (χ3v) is 3.21. The minimum atomic E-state index is -2.75. The van der Waals surface area contributed by atoms with Crippen LogP contribution >= 0.6 is 0 Å². The van der Waals surface area contributed by atoms with Gasteiger partial charge in [0.25, 0.3) is 6.43 Å². The molecule has 0 spiro atoms. The molecule has 0 aromatic heterocycles. The SMILES string of the molecule is COc1ccc(N=C(c2ccc(OC)cc2OC)C(F)F)cc1. The Balaban J connectivity index is 2.47. The molecule has 0 amide bonds. The van der Waals surface area contributed by atoms with Gasteiger partial charge in [0.15, 0.2) is 0 Å². The van der Waals surface area contributed by atoms with Gasteiger partial charge in [-0.15, -0.1) is 0 Å². The van der Waals surface area contributed by atoms with Crippen molar-refractivity contribution >= 4 is 11.4 Å². The third kappa shape index (κ3) is 3.97. The van der Waals surface area contributed by atoms with Gasteiger partial charge in [0.1, 0.15) is 23.0 Å². The molecule has 0 aliphatic heterocycles. The summed E-state index contributed by atoms with van der Waals surface area (Å²) in [6.07, 6.45) is -2.75. The number of benzene rings is 2. The van der Waals surface area contributed by atoms with Gasteiger partial charge in [0, 0.05) is 11.6 Å². The Kier molecular flexibility index (Phi) is 5.51. The van der Waals surface area contributed by atoms with E-state index in [-0.39, 0.29) is 17.0 Å². The maximum Gasteiger partial charge on any atom is 0.281 e. The van der Waals surface area contributed by atoms with Gasteiger partial charge in [-0.25, -0.2) is 13.8 Å². The second kappa shape index (κ2) is 7.58. The minimum Gasteiger partial charge on any atom is -0.497 e. The van der Waals surface area contributed by atoms with Crippen molar-refractivity contribution in [2.75, 3.05) is 21.3 Å². The number of hydrogen-bond acceptors (Lipinski definition) is 4. The zero-order valence-corrected chi connectivity index (χ0v) is 13.0. The number of aliphatic imine (C=N–C) groups is 1. The molecule has 0 radical (unpaired) electrons. The van der Waals surface area contributed by atoms with Crippen LogP contribution in [-0.4, -0.2) is 33.5 Å². The molecule has 2 rings (SSSR count). The van der Waals surface area contributed by atoms with Gasteiger partial charge >= 0.3 is 0 Å². The zero-order valence-electron chi connectivity index (χ0n) is 13.0. The van der Waals surface area contributed by atoms with Crippen molar-refractivity contribution in [3.63, 3.8) is 0 Å². The normalized spacial score (nSPS) is 11.5. The summed E-state index contributed by atoms with van der Waals surface area (Å²) in [5.41, 5.74) is 0.257. The molecule has 23 heavy (non-hydrogen) atoms. The smallest absolute Gasteiger partial charge is 0.281 e. The number of halogens is 2. The van der Waals surface area contributed by atoms with E-state index < -0.39 is 6.43 Å². The van der Waals surface area contributed by atoms with E-state index in [0.29, 0.717) is 17.2 Å². The van der Waals surface area contributed by atoms with Gasteiger partial charge in [-0.2, -0.15) is 0 Å². The highest BCUT2D eigenvalue weighted by molar-refractivity contribution is 6.06. The number of hydrogen-bond donors (Lipinski definition) is 0. The molecule has 0 aliphatic carbocycles. The minimum absolute atomic E-state index is 0.221. The van der Waals surface area contributed by atoms with Gasteiger partial charge in [-0.05, 0) is 36.4 Å². The Labute approximate surface area is 133 Å². The molecule has 0 atom stereocenters. The average molecular weight is 321 g/mol. The Hall–Kier alpha value is -2.63. The molecular formula is C17H17F2NO3. The number of rotatable bonds is 6. The fraction of sp³-hybridized carbons (Fsp3) is 0.235. The standard InChI is InChI=1S/C17H17F2NO3/c1-21-12-6-4-11(5-7-12)20-16(17(18)19)14-9-8-13(22-2)10-15(14)23-3/h4-10,17H,1-3H3. The second-order valence-electron chi connectivity index (χ2n) is 4.56. The maximum absolute atomic E-state index is 13.5. The lowest BCUT2D eigenvalue weighted by Gasteiger charge is -2.12. The summed E-state index contributed by atoms with van der Waals surface area (Å²) in [7, 11) is 4.44. The van der Waals surface area contributed by atoms with Crippen molar-refractivity contribution in [3.8, 4) is 17.2 Å². The van der Waals surface area contributed by atoms with Crippen LogP contribution in [0.15, 0.2) is 47.5 Å². The van der Waals surface area contributed by atoms with Crippen molar-refractivity contribution in [1.82, 2.24) is 0 Å². The molecule has 0 bridgehead atoms. The summed E-state index contributed by atoms with van der Waals surface area (Å²) in [5, 5.41) is 0. The van der Waals surface area contributed by atoms with Gasteiger partial charge in [-0.3, -0.25) is 0 Å². The van der Waals surface area contributed by atoms with Crippen LogP contribution in [0.25, 0.3) is 0 Å². The lowest BCUT2D eigenvalue weighted by Crippen LogP contribution is -2.13. The highest BCUT2D eigenvalue weighted by Gasteiger charge is 2.20. The maximum atomic E-state index is 13.5. The first kappa shape index (κ1) is 16.7. The monoisotopic (exact) mass is 321 g/mol. The molecule has 0 aliphatic rings. The molecule has 6 heteroatoms. The highest BCUT2D eigenvalue weighted by atomic mass is 19.3. The van der Waals surface area contributed by atoms with Crippen LogP contribution in [0, 0.1) is 0 Å². The van der Waals surface area contributed by atoms with Crippen LogP contribution in [-0.2, 0) is 0 Å². The molecule has 0 fully saturated rings. The van der Waals surface area contributed by atoms with Crippen molar-refractivity contribution in [1.29, 1.82) is 0 Å². The number of alkyl halides is 2. The third-order valence-electron chi connectivity index (χ3n) is 3.21. The lowest BCUT2D eigenvalue weighted by atomic mass is 10.1. The van der Waals surface area contributed by atoms with Crippen molar-refractivity contribution in [3.05, 3.63) is 48.0 Å². The Morgan fingerprint density at radius 1 is 0.870 bits per heavy atom. The van der Waals surface area contributed by atoms with Crippen LogP contribution in [0.2, 0.25) is 0 Å². The highest BCUT2D eigenvalue weighted by Crippen LogP contribution is 2.29. The van der Waals surface area contributed by atoms with E-state index in [0.717, 1.165) is 0 Å². The Bertz CT molecular complexity index is 685. The first-order valence-electron chi connectivity index (χ1n) is 6.82. The first-order valence-corrected chi connectivity index (χ1v) is 6.82. The van der Waals surface area contributed by atoms with Crippen molar-refractivity contribution in [2.24, 2.45) is 4.99 Å². The average Bonchev–Trinajstić information content (AvgIpc) is 2.59. The topological polar surface area (TPSA) is 40.0 Å². The van der Waals surface area contributed by atoms with E-state index in [1.54, 1.807) is 36.4 Å². The Morgan fingerprint density at radius 2 is 1.48 bits per heavy atom. The molecular weight excluding hydrogens is 304 g/mol. The first-order chi connectivity index (χ1) is 11.1. The van der Waals surface area contributed by atoms with E-state index in [2.05, 4.69) is 4.99 Å². The molecule has 4 nitrogen and oxygen atoms in total. The van der Waals surface area contributed by atoms with E-state index in [9.17, 15) is 8.78 Å². The van der Waals surface area contributed by atoms with Crippen molar-refractivity contribution in [2.45, 2.75) is 6.43 Å². The number of nitrogens with zero attached hydrogens (tertiary/aromatic N) is 1. The summed E-state index contributed by atoms with van der Waals surface area (Å²) >= 11 is 0. The van der Waals surface area contributed by atoms with Crippen LogP contribution < -0.4 is 14.2 Å². The molecule has 0 heterocycles. The fourth-order valence-electron chi connectivity index (χ4n) is 2.03. The number of ether oxygens (including phenoxy) is 3. The molecule has 0 unspecified atom stereocenters. The summed E-state index contributed by atoms with van der Waals surface area (Å²) in [6, 6.07) is 11.2. The Morgan fingerprint density at radius 3 is 2.00 bits per heavy atom. The van der Waals surface area contributed by atoms with Gasteiger partial charge in [0.05, 0.1) is 27.0 Å². The quantitative estimate of drug-likeness (QED) is 0.752. The molecule has 2 aromatic carbocycles. The number of methoxy groups -OCH3 is 3. The summed E-state index contributed by atoms with van der Waals surface area (Å²) in [5.74, 6) is 1.42. The summed E-state index contributed by atoms with van der Waals surface area (Å²) < 4.78 is 42.2. The largest absolute Gasteiger partial charge is 0.497 e. The van der Waals surface area contributed by atoms with E-state index >= 15 is 0 Å². The van der Waals surface area contributed by atoms with E-state index in [1.165, 1.54) is 27.4 Å². The van der Waals surface area contributed by atoms with Gasteiger partial charge in [0.2, 0.25) is 0 Å². The summed E-state index contributed by atoms with van der Waals surface area (Å²) in [6.45, 7) is 0. The summed E-state index contributed by atoms with van der Waals surface area (Å²) in [4.78, 5) is 4.06.